The van der Waals surface area contributed by atoms with Crippen LogP contribution in [0.15, 0.2) is 30.7 Å². The number of carbonyl (C=O) groups excluding carboxylic acids is 1. The summed E-state index contributed by atoms with van der Waals surface area (Å²) in [5, 5.41) is 2.82. The van der Waals surface area contributed by atoms with Crippen molar-refractivity contribution in [2.75, 3.05) is 11.9 Å². The first-order valence-corrected chi connectivity index (χ1v) is 6.63. The van der Waals surface area contributed by atoms with Crippen LogP contribution in [-0.2, 0) is 4.79 Å². The minimum absolute atomic E-state index is 0.0663. The molecule has 106 valence electrons. The van der Waals surface area contributed by atoms with E-state index >= 15 is 0 Å². The second-order valence-electron chi connectivity index (χ2n) is 4.58. The summed E-state index contributed by atoms with van der Waals surface area (Å²) in [6.07, 6.45) is 5.93. The molecule has 0 aliphatic carbocycles. The second-order valence-corrected chi connectivity index (χ2v) is 4.58. The van der Waals surface area contributed by atoms with Crippen LogP contribution in [0, 0.1) is 12.8 Å². The lowest BCUT2D eigenvalue weighted by Gasteiger charge is -2.12. The maximum atomic E-state index is 11.9. The normalized spacial score (nSPS) is 12.2. The average molecular weight is 273 g/mol. The number of amides is 1. The number of nitrogens with zero attached hydrogens (tertiary/aromatic N) is 3. The van der Waals surface area contributed by atoms with E-state index in [0.717, 1.165) is 18.1 Å². The summed E-state index contributed by atoms with van der Waals surface area (Å²) in [7, 11) is 0. The number of pyridine rings is 1. The molecule has 0 radical (unpaired) electrons. The summed E-state index contributed by atoms with van der Waals surface area (Å²) in [5.41, 5.74) is 6.23. The first-order chi connectivity index (χ1) is 9.65. The smallest absolute Gasteiger partial charge is 0.228 e. The predicted molar refractivity (Wildman–Crippen MR) is 77.6 cm³/mol. The van der Waals surface area contributed by atoms with Crippen LogP contribution in [0.4, 0.5) is 5.69 Å². The van der Waals surface area contributed by atoms with E-state index in [1.54, 1.807) is 12.4 Å². The molecular formula is C14H19N5O. The van der Waals surface area contributed by atoms with Gasteiger partial charge in [0.1, 0.15) is 11.6 Å². The van der Waals surface area contributed by atoms with Crippen molar-refractivity contribution in [2.24, 2.45) is 11.7 Å². The summed E-state index contributed by atoms with van der Waals surface area (Å²) in [6, 6.07) is 3.66. The van der Waals surface area contributed by atoms with Gasteiger partial charge in [0.25, 0.3) is 0 Å². The molecule has 0 spiro atoms. The quantitative estimate of drug-likeness (QED) is 0.864. The summed E-state index contributed by atoms with van der Waals surface area (Å²) >= 11 is 0. The Labute approximate surface area is 118 Å². The fraction of sp³-hybridized carbons (Fsp3) is 0.357. The molecular weight excluding hydrogens is 254 g/mol. The standard InChI is InChI=1S/C14H19N5O/c1-3-11(8-15)14(20)18-12-4-5-13(17-9-12)19-7-6-16-10(19)2/h4-7,9,11H,3,8,15H2,1-2H3,(H,18,20). The van der Waals surface area contributed by atoms with Gasteiger partial charge in [0.15, 0.2) is 0 Å². The SMILES string of the molecule is CCC(CN)C(=O)Nc1ccc(-n2ccnc2C)nc1. The van der Waals surface area contributed by atoms with Crippen molar-refractivity contribution in [2.45, 2.75) is 20.3 Å². The van der Waals surface area contributed by atoms with Gasteiger partial charge in [0.2, 0.25) is 5.91 Å². The molecule has 2 aromatic rings. The zero-order valence-corrected chi connectivity index (χ0v) is 11.7. The third-order valence-electron chi connectivity index (χ3n) is 3.24. The Morgan fingerprint density at radius 3 is 2.75 bits per heavy atom. The molecule has 20 heavy (non-hydrogen) atoms. The molecule has 1 atom stereocenters. The molecule has 0 saturated carbocycles. The highest BCUT2D eigenvalue weighted by atomic mass is 16.1. The first-order valence-electron chi connectivity index (χ1n) is 6.63. The Hall–Kier alpha value is -2.21. The van der Waals surface area contributed by atoms with Gasteiger partial charge in [-0.25, -0.2) is 9.97 Å². The number of anilines is 1. The molecule has 2 heterocycles. The molecule has 6 nitrogen and oxygen atoms in total. The number of rotatable bonds is 5. The summed E-state index contributed by atoms with van der Waals surface area (Å²) in [5.74, 6) is 1.40. The topological polar surface area (TPSA) is 85.8 Å². The van der Waals surface area contributed by atoms with E-state index in [0.29, 0.717) is 12.2 Å². The second kappa shape index (κ2) is 6.29. The molecule has 1 unspecified atom stereocenters. The van der Waals surface area contributed by atoms with Crippen LogP contribution in [0.1, 0.15) is 19.2 Å². The number of aromatic nitrogens is 3. The van der Waals surface area contributed by atoms with E-state index in [1.165, 1.54) is 0 Å². The molecule has 1 amide bonds. The van der Waals surface area contributed by atoms with Gasteiger partial charge in [-0.05, 0) is 25.5 Å². The van der Waals surface area contributed by atoms with Crippen molar-refractivity contribution in [1.29, 1.82) is 0 Å². The van der Waals surface area contributed by atoms with Crippen LogP contribution in [0.25, 0.3) is 5.82 Å². The molecule has 6 heteroatoms. The lowest BCUT2D eigenvalue weighted by molar-refractivity contribution is -0.119. The van der Waals surface area contributed by atoms with Crippen LogP contribution in [0.2, 0.25) is 0 Å². The molecule has 2 aromatic heterocycles. The monoisotopic (exact) mass is 273 g/mol. The van der Waals surface area contributed by atoms with Gasteiger partial charge >= 0.3 is 0 Å². The van der Waals surface area contributed by atoms with Crippen LogP contribution < -0.4 is 11.1 Å². The van der Waals surface area contributed by atoms with Gasteiger partial charge in [-0.15, -0.1) is 0 Å². The van der Waals surface area contributed by atoms with Crippen molar-refractivity contribution in [3.8, 4) is 5.82 Å². The van der Waals surface area contributed by atoms with E-state index in [9.17, 15) is 4.79 Å². The molecule has 0 aromatic carbocycles. The van der Waals surface area contributed by atoms with Gasteiger partial charge in [0.05, 0.1) is 17.8 Å². The van der Waals surface area contributed by atoms with Gasteiger partial charge < -0.3 is 11.1 Å². The van der Waals surface area contributed by atoms with Crippen LogP contribution in [0.3, 0.4) is 0 Å². The maximum absolute atomic E-state index is 11.9. The number of hydrogen-bond donors (Lipinski definition) is 2. The zero-order chi connectivity index (χ0) is 14.5. The number of hydrogen-bond acceptors (Lipinski definition) is 4. The van der Waals surface area contributed by atoms with Crippen LogP contribution in [-0.4, -0.2) is 27.0 Å². The third-order valence-corrected chi connectivity index (χ3v) is 3.24. The molecule has 2 rings (SSSR count). The van der Waals surface area contributed by atoms with Crippen molar-refractivity contribution in [1.82, 2.24) is 14.5 Å². The van der Waals surface area contributed by atoms with E-state index in [-0.39, 0.29) is 11.8 Å². The first kappa shape index (κ1) is 14.2. The molecule has 0 saturated heterocycles. The Morgan fingerprint density at radius 1 is 1.45 bits per heavy atom. The summed E-state index contributed by atoms with van der Waals surface area (Å²) in [6.45, 7) is 4.20. The molecule has 0 bridgehead atoms. The van der Waals surface area contributed by atoms with Crippen LogP contribution >= 0.6 is 0 Å². The number of nitrogens with one attached hydrogen (secondary N) is 1. The van der Waals surface area contributed by atoms with Gasteiger partial charge in [-0.2, -0.15) is 0 Å². The van der Waals surface area contributed by atoms with E-state index < -0.39 is 0 Å². The average Bonchev–Trinajstić information content (AvgIpc) is 2.87. The molecule has 0 aliphatic heterocycles. The molecule has 0 aliphatic rings. The van der Waals surface area contributed by atoms with E-state index in [4.69, 9.17) is 5.73 Å². The highest BCUT2D eigenvalue weighted by Gasteiger charge is 2.14. The van der Waals surface area contributed by atoms with Gasteiger partial charge in [-0.3, -0.25) is 9.36 Å². The number of nitrogens with two attached hydrogens (primary N) is 1. The Morgan fingerprint density at radius 2 is 2.25 bits per heavy atom. The van der Waals surface area contributed by atoms with E-state index in [2.05, 4.69) is 15.3 Å². The predicted octanol–water partition coefficient (Wildman–Crippen LogP) is 1.50. The Kier molecular flexibility index (Phi) is 4.47. The molecule has 3 N–H and O–H groups in total. The number of imidazole rings is 1. The summed E-state index contributed by atoms with van der Waals surface area (Å²) in [4.78, 5) is 20.4. The highest BCUT2D eigenvalue weighted by Crippen LogP contribution is 2.13. The number of aryl methyl sites for hydroxylation is 1. The third kappa shape index (κ3) is 3.03. The fourth-order valence-electron chi connectivity index (χ4n) is 1.93. The Balaban J connectivity index is 2.09. The highest BCUT2D eigenvalue weighted by molar-refractivity contribution is 5.92. The van der Waals surface area contributed by atoms with Gasteiger partial charge in [-0.1, -0.05) is 6.92 Å². The summed E-state index contributed by atoms with van der Waals surface area (Å²) < 4.78 is 1.88. The van der Waals surface area contributed by atoms with Gasteiger partial charge in [0, 0.05) is 18.9 Å². The van der Waals surface area contributed by atoms with Crippen molar-refractivity contribution in [3.05, 3.63) is 36.5 Å². The Bertz CT molecular complexity index is 572. The van der Waals surface area contributed by atoms with Crippen molar-refractivity contribution >= 4 is 11.6 Å². The van der Waals surface area contributed by atoms with Crippen LogP contribution in [0.5, 0.6) is 0 Å². The van der Waals surface area contributed by atoms with Crippen molar-refractivity contribution in [3.63, 3.8) is 0 Å². The molecule has 0 fully saturated rings. The lowest BCUT2D eigenvalue weighted by Crippen LogP contribution is -2.28. The maximum Gasteiger partial charge on any atom is 0.228 e. The minimum atomic E-state index is -0.162. The van der Waals surface area contributed by atoms with Crippen molar-refractivity contribution < 1.29 is 4.79 Å². The minimum Gasteiger partial charge on any atom is -0.330 e. The fourth-order valence-corrected chi connectivity index (χ4v) is 1.93. The zero-order valence-electron chi connectivity index (χ0n) is 11.7. The number of carbonyl (C=O) groups is 1. The lowest BCUT2D eigenvalue weighted by atomic mass is 10.1. The van der Waals surface area contributed by atoms with E-state index in [1.807, 2.05) is 36.7 Å². The largest absolute Gasteiger partial charge is 0.330 e.